The van der Waals surface area contributed by atoms with E-state index in [1.165, 1.54) is 6.21 Å². The molecule has 0 saturated carbocycles. The molecule has 2 N–H and O–H groups in total. The molecule has 7 nitrogen and oxygen atoms in total. The first-order valence-corrected chi connectivity index (χ1v) is 10.4. The van der Waals surface area contributed by atoms with Crippen LogP contribution in [-0.2, 0) is 9.59 Å². The Morgan fingerprint density at radius 1 is 0.879 bits per heavy atom. The summed E-state index contributed by atoms with van der Waals surface area (Å²) >= 11 is 0. The number of amides is 2. The summed E-state index contributed by atoms with van der Waals surface area (Å²) in [5, 5.41) is 11.3. The molecule has 3 aromatic carbocycles. The first-order chi connectivity index (χ1) is 16.0. The van der Waals surface area contributed by atoms with Crippen LogP contribution in [0.25, 0.3) is 16.9 Å². The Kier molecular flexibility index (Phi) is 6.40. The normalized spacial score (nSPS) is 10.8. The van der Waals surface area contributed by atoms with Gasteiger partial charge in [0.15, 0.2) is 0 Å². The molecule has 33 heavy (non-hydrogen) atoms. The van der Waals surface area contributed by atoms with Gasteiger partial charge in [-0.1, -0.05) is 59.7 Å². The van der Waals surface area contributed by atoms with Crippen LogP contribution in [0.2, 0.25) is 0 Å². The number of hydrogen-bond acceptors (Lipinski definition) is 4. The smallest absolute Gasteiger partial charge is 0.318 e. The number of hydrogen-bond donors (Lipinski definition) is 2. The predicted octanol–water partition coefficient (Wildman–Crippen LogP) is 4.24. The number of carbonyl (C=O) groups is 2. The standard InChI is InChI=1S/C26H23N5O2/c1-18-11-13-22(14-12-18)28-25(32)26(33)29-27-16-21-17-31(23-9-4-3-5-10-23)30-24(21)20-8-6-7-19(2)15-20/h3-17H,1-2H3,(H,28,32)(H,29,33)/b27-16-. The Labute approximate surface area is 191 Å². The third kappa shape index (κ3) is 5.40. The molecule has 4 rings (SSSR count). The summed E-state index contributed by atoms with van der Waals surface area (Å²) in [7, 11) is 0. The Hall–Kier alpha value is -4.52. The van der Waals surface area contributed by atoms with Crippen molar-refractivity contribution in [3.8, 4) is 16.9 Å². The molecule has 164 valence electrons. The van der Waals surface area contributed by atoms with Crippen LogP contribution in [0.3, 0.4) is 0 Å². The quantitative estimate of drug-likeness (QED) is 0.278. The summed E-state index contributed by atoms with van der Waals surface area (Å²) in [5.74, 6) is -1.66. The zero-order valence-electron chi connectivity index (χ0n) is 18.3. The first-order valence-electron chi connectivity index (χ1n) is 10.4. The summed E-state index contributed by atoms with van der Waals surface area (Å²) < 4.78 is 1.75. The van der Waals surface area contributed by atoms with Crippen molar-refractivity contribution in [2.24, 2.45) is 5.10 Å². The summed E-state index contributed by atoms with van der Waals surface area (Å²) in [6.07, 6.45) is 3.32. The molecule has 0 bridgehead atoms. The van der Waals surface area contributed by atoms with Gasteiger partial charge in [0.25, 0.3) is 0 Å². The lowest BCUT2D eigenvalue weighted by atomic mass is 10.1. The minimum atomic E-state index is -0.862. The summed E-state index contributed by atoms with van der Waals surface area (Å²) in [4.78, 5) is 24.3. The highest BCUT2D eigenvalue weighted by Crippen LogP contribution is 2.23. The van der Waals surface area contributed by atoms with Crippen LogP contribution in [0.5, 0.6) is 0 Å². The van der Waals surface area contributed by atoms with E-state index >= 15 is 0 Å². The van der Waals surface area contributed by atoms with Gasteiger partial charge in [0.1, 0.15) is 5.69 Å². The van der Waals surface area contributed by atoms with Crippen molar-refractivity contribution in [2.75, 3.05) is 5.32 Å². The van der Waals surface area contributed by atoms with Crippen LogP contribution in [0.1, 0.15) is 16.7 Å². The lowest BCUT2D eigenvalue weighted by Crippen LogP contribution is -2.32. The number of carbonyl (C=O) groups excluding carboxylic acids is 2. The molecule has 0 aliphatic rings. The maximum atomic E-state index is 12.2. The molecule has 0 aliphatic carbocycles. The molecule has 4 aromatic rings. The number of aryl methyl sites for hydroxylation is 2. The van der Waals surface area contributed by atoms with E-state index in [2.05, 4.69) is 15.8 Å². The maximum absolute atomic E-state index is 12.2. The second-order valence-electron chi connectivity index (χ2n) is 7.60. The fourth-order valence-corrected chi connectivity index (χ4v) is 3.25. The zero-order valence-corrected chi connectivity index (χ0v) is 18.3. The van der Waals surface area contributed by atoms with Gasteiger partial charge in [-0.3, -0.25) is 9.59 Å². The summed E-state index contributed by atoms with van der Waals surface area (Å²) in [6, 6.07) is 24.8. The third-order valence-electron chi connectivity index (χ3n) is 4.94. The Balaban J connectivity index is 1.53. The maximum Gasteiger partial charge on any atom is 0.329 e. The van der Waals surface area contributed by atoms with Gasteiger partial charge in [-0.2, -0.15) is 10.2 Å². The molecule has 0 fully saturated rings. The van der Waals surface area contributed by atoms with Gasteiger partial charge in [0.2, 0.25) is 0 Å². The van der Waals surface area contributed by atoms with E-state index in [9.17, 15) is 9.59 Å². The van der Waals surface area contributed by atoms with E-state index in [-0.39, 0.29) is 0 Å². The van der Waals surface area contributed by atoms with Crippen LogP contribution in [-0.4, -0.2) is 27.8 Å². The molecule has 0 saturated heterocycles. The number of anilines is 1. The van der Waals surface area contributed by atoms with Crippen molar-refractivity contribution in [1.82, 2.24) is 15.2 Å². The number of nitrogens with zero attached hydrogens (tertiary/aromatic N) is 3. The van der Waals surface area contributed by atoms with Crippen LogP contribution in [0, 0.1) is 13.8 Å². The SMILES string of the molecule is Cc1ccc(NC(=O)C(=O)N/N=C\c2cn(-c3ccccc3)nc2-c2cccc(C)c2)cc1. The summed E-state index contributed by atoms with van der Waals surface area (Å²) in [6.45, 7) is 3.95. The number of aromatic nitrogens is 2. The largest absolute Gasteiger partial charge is 0.329 e. The predicted molar refractivity (Wildman–Crippen MR) is 129 cm³/mol. The van der Waals surface area contributed by atoms with E-state index in [1.54, 1.807) is 16.8 Å². The minimum absolute atomic E-state index is 0.538. The van der Waals surface area contributed by atoms with E-state index in [1.807, 2.05) is 86.8 Å². The van der Waals surface area contributed by atoms with E-state index in [0.717, 1.165) is 22.4 Å². The molecular weight excluding hydrogens is 414 g/mol. The van der Waals surface area contributed by atoms with Gasteiger partial charge in [-0.15, -0.1) is 0 Å². The van der Waals surface area contributed by atoms with Crippen LogP contribution in [0.15, 0.2) is 90.2 Å². The molecule has 0 atom stereocenters. The second kappa shape index (κ2) is 9.74. The fraction of sp³-hybridized carbons (Fsp3) is 0.0769. The van der Waals surface area contributed by atoms with Crippen LogP contribution in [0.4, 0.5) is 5.69 Å². The molecule has 1 heterocycles. The molecular formula is C26H23N5O2. The van der Waals surface area contributed by atoms with Gasteiger partial charge in [-0.25, -0.2) is 10.1 Å². The lowest BCUT2D eigenvalue weighted by Gasteiger charge is -2.04. The molecule has 7 heteroatoms. The van der Waals surface area contributed by atoms with Crippen molar-refractivity contribution >= 4 is 23.7 Å². The van der Waals surface area contributed by atoms with E-state index < -0.39 is 11.8 Å². The van der Waals surface area contributed by atoms with Crippen LogP contribution >= 0.6 is 0 Å². The number of hydrazone groups is 1. The zero-order chi connectivity index (χ0) is 23.2. The van der Waals surface area contributed by atoms with Gasteiger partial charge < -0.3 is 5.32 Å². The number of para-hydroxylation sites is 1. The van der Waals surface area contributed by atoms with Gasteiger partial charge in [0, 0.05) is 23.0 Å². The number of benzene rings is 3. The highest BCUT2D eigenvalue weighted by atomic mass is 16.2. The lowest BCUT2D eigenvalue weighted by molar-refractivity contribution is -0.136. The highest BCUT2D eigenvalue weighted by molar-refractivity contribution is 6.39. The van der Waals surface area contributed by atoms with E-state index in [0.29, 0.717) is 16.9 Å². The van der Waals surface area contributed by atoms with Crippen LogP contribution < -0.4 is 10.7 Å². The van der Waals surface area contributed by atoms with Gasteiger partial charge in [0.05, 0.1) is 11.9 Å². The first kappa shape index (κ1) is 21.7. The molecule has 2 amide bonds. The molecule has 0 aliphatic heterocycles. The average Bonchev–Trinajstić information content (AvgIpc) is 3.25. The van der Waals surface area contributed by atoms with Gasteiger partial charge in [-0.05, 0) is 44.2 Å². The number of rotatable bonds is 5. The molecule has 0 radical (unpaired) electrons. The van der Waals surface area contributed by atoms with E-state index in [4.69, 9.17) is 5.10 Å². The monoisotopic (exact) mass is 437 g/mol. The Bertz CT molecular complexity index is 1310. The Morgan fingerprint density at radius 3 is 2.36 bits per heavy atom. The van der Waals surface area contributed by atoms with Crippen molar-refractivity contribution in [3.63, 3.8) is 0 Å². The topological polar surface area (TPSA) is 88.4 Å². The highest BCUT2D eigenvalue weighted by Gasteiger charge is 2.14. The second-order valence-corrected chi connectivity index (χ2v) is 7.60. The molecule has 0 spiro atoms. The van der Waals surface area contributed by atoms with Crippen molar-refractivity contribution in [3.05, 3.63) is 102 Å². The van der Waals surface area contributed by atoms with Gasteiger partial charge >= 0.3 is 11.8 Å². The van der Waals surface area contributed by atoms with Crippen molar-refractivity contribution < 1.29 is 9.59 Å². The van der Waals surface area contributed by atoms with Crippen molar-refractivity contribution in [1.29, 1.82) is 0 Å². The molecule has 0 unspecified atom stereocenters. The van der Waals surface area contributed by atoms with Crippen molar-refractivity contribution in [2.45, 2.75) is 13.8 Å². The minimum Gasteiger partial charge on any atom is -0.318 e. The average molecular weight is 438 g/mol. The summed E-state index contributed by atoms with van der Waals surface area (Å²) in [5.41, 5.74) is 8.21. The fourth-order valence-electron chi connectivity index (χ4n) is 3.25. The third-order valence-corrected chi connectivity index (χ3v) is 4.94. The number of nitrogens with one attached hydrogen (secondary N) is 2. The molecule has 1 aromatic heterocycles. The Morgan fingerprint density at radius 2 is 1.64 bits per heavy atom.